The smallest absolute Gasteiger partial charge is 0.270 e. The molecule has 1 saturated heterocycles. The third kappa shape index (κ3) is 3.12. The lowest BCUT2D eigenvalue weighted by atomic mass is 9.94. The molecular weight excluding hydrogens is 342 g/mol. The van der Waals surface area contributed by atoms with E-state index in [0.29, 0.717) is 18.2 Å². The first-order chi connectivity index (χ1) is 13.0. The van der Waals surface area contributed by atoms with Gasteiger partial charge in [-0.2, -0.15) is 5.10 Å². The quantitative estimate of drug-likeness (QED) is 0.876. The summed E-state index contributed by atoms with van der Waals surface area (Å²) in [4.78, 5) is 28.7. The van der Waals surface area contributed by atoms with Crippen LogP contribution in [0, 0.1) is 5.92 Å². The Labute approximate surface area is 158 Å². The second-order valence-corrected chi connectivity index (χ2v) is 7.67. The van der Waals surface area contributed by atoms with Crippen LogP contribution in [0.3, 0.4) is 0 Å². The topological polar surface area (TPSA) is 70.5 Å². The van der Waals surface area contributed by atoms with Gasteiger partial charge in [-0.05, 0) is 17.2 Å². The van der Waals surface area contributed by atoms with Gasteiger partial charge in [0, 0.05) is 52.3 Å². The van der Waals surface area contributed by atoms with Gasteiger partial charge in [0.25, 0.3) is 5.91 Å². The molecule has 2 aliphatic rings. The Morgan fingerprint density at radius 1 is 1.19 bits per heavy atom. The molecule has 27 heavy (non-hydrogen) atoms. The van der Waals surface area contributed by atoms with E-state index in [1.165, 1.54) is 11.1 Å². The fraction of sp³-hybridized carbons (Fsp3) is 0.450. The molecule has 7 nitrogen and oxygen atoms in total. The Hall–Kier alpha value is -2.67. The summed E-state index contributed by atoms with van der Waals surface area (Å²) < 4.78 is 1.59. The first-order valence-corrected chi connectivity index (χ1v) is 9.26. The zero-order valence-corrected chi connectivity index (χ0v) is 15.9. The van der Waals surface area contributed by atoms with Crippen molar-refractivity contribution in [3.8, 4) is 0 Å². The van der Waals surface area contributed by atoms with Gasteiger partial charge in [0.1, 0.15) is 5.69 Å². The van der Waals surface area contributed by atoms with E-state index in [-0.39, 0.29) is 23.8 Å². The molecule has 4 rings (SSSR count). The van der Waals surface area contributed by atoms with Gasteiger partial charge in [-0.15, -0.1) is 0 Å². The lowest BCUT2D eigenvalue weighted by molar-refractivity contribution is -0.129. The average molecular weight is 367 g/mol. The van der Waals surface area contributed by atoms with Gasteiger partial charge in [-0.3, -0.25) is 19.2 Å². The SMILES string of the molecule is CN(C)C(=O)CN1C[C@@H]2[C@H](NC(=O)c3ccnn3C)c3ccccc3[C@@H]2C1. The summed E-state index contributed by atoms with van der Waals surface area (Å²) >= 11 is 0. The molecule has 1 aliphatic carbocycles. The second-order valence-electron chi connectivity index (χ2n) is 7.67. The third-order valence-corrected chi connectivity index (χ3v) is 5.80. The van der Waals surface area contributed by atoms with E-state index in [1.807, 2.05) is 6.07 Å². The van der Waals surface area contributed by atoms with Gasteiger partial charge in [0.15, 0.2) is 0 Å². The first-order valence-electron chi connectivity index (χ1n) is 9.26. The number of fused-ring (bicyclic) bond motifs is 3. The highest BCUT2D eigenvalue weighted by Crippen LogP contribution is 2.49. The van der Waals surface area contributed by atoms with Crippen molar-refractivity contribution in [3.05, 3.63) is 53.3 Å². The normalized spacial score (nSPS) is 23.7. The molecule has 2 heterocycles. The number of nitrogens with one attached hydrogen (secondary N) is 1. The van der Waals surface area contributed by atoms with Crippen LogP contribution in [0.5, 0.6) is 0 Å². The zero-order valence-electron chi connectivity index (χ0n) is 15.9. The van der Waals surface area contributed by atoms with Crippen LogP contribution < -0.4 is 5.32 Å². The highest BCUT2D eigenvalue weighted by atomic mass is 16.2. The van der Waals surface area contributed by atoms with Gasteiger partial charge in [0.2, 0.25) is 5.91 Å². The predicted molar refractivity (Wildman–Crippen MR) is 101 cm³/mol. The molecule has 0 radical (unpaired) electrons. The predicted octanol–water partition coefficient (Wildman–Crippen LogP) is 1.01. The number of hydrogen-bond acceptors (Lipinski definition) is 4. The molecule has 0 bridgehead atoms. The van der Waals surface area contributed by atoms with Crippen LogP contribution in [0.15, 0.2) is 36.5 Å². The summed E-state index contributed by atoms with van der Waals surface area (Å²) in [5, 5.41) is 7.31. The molecule has 1 aliphatic heterocycles. The minimum atomic E-state index is -0.113. The number of rotatable bonds is 4. The number of aryl methyl sites for hydroxylation is 1. The second kappa shape index (κ2) is 6.81. The Morgan fingerprint density at radius 2 is 1.93 bits per heavy atom. The van der Waals surface area contributed by atoms with Crippen LogP contribution >= 0.6 is 0 Å². The lowest BCUT2D eigenvalue weighted by Crippen LogP contribution is -2.37. The van der Waals surface area contributed by atoms with Crippen LogP contribution in [-0.4, -0.2) is 65.1 Å². The molecule has 0 unspecified atom stereocenters. The summed E-state index contributed by atoms with van der Waals surface area (Å²) in [7, 11) is 5.33. The van der Waals surface area contributed by atoms with Crippen molar-refractivity contribution in [2.45, 2.75) is 12.0 Å². The fourth-order valence-electron chi connectivity index (χ4n) is 4.40. The van der Waals surface area contributed by atoms with Crippen LogP contribution in [0.1, 0.15) is 33.6 Å². The van der Waals surface area contributed by atoms with Crippen LogP contribution in [-0.2, 0) is 11.8 Å². The first kappa shape index (κ1) is 17.7. The van der Waals surface area contributed by atoms with Crippen molar-refractivity contribution >= 4 is 11.8 Å². The van der Waals surface area contributed by atoms with Gasteiger partial charge in [0.05, 0.1) is 12.6 Å². The van der Waals surface area contributed by atoms with Crippen LogP contribution in [0.4, 0.5) is 0 Å². The lowest BCUT2D eigenvalue weighted by Gasteiger charge is -2.23. The highest BCUT2D eigenvalue weighted by Gasteiger charge is 2.47. The Balaban J connectivity index is 1.57. The van der Waals surface area contributed by atoms with Gasteiger partial charge in [-0.1, -0.05) is 24.3 Å². The van der Waals surface area contributed by atoms with E-state index in [1.54, 1.807) is 43.0 Å². The van der Waals surface area contributed by atoms with Crippen molar-refractivity contribution in [3.63, 3.8) is 0 Å². The zero-order chi connectivity index (χ0) is 19.1. The third-order valence-electron chi connectivity index (χ3n) is 5.80. The summed E-state index contributed by atoms with van der Waals surface area (Å²) in [6.07, 6.45) is 1.63. The Bertz CT molecular complexity index is 875. The molecule has 3 atom stereocenters. The van der Waals surface area contributed by atoms with E-state index in [9.17, 15) is 9.59 Å². The number of amides is 2. The monoisotopic (exact) mass is 367 g/mol. The summed E-state index contributed by atoms with van der Waals surface area (Å²) in [5.74, 6) is 0.611. The van der Waals surface area contributed by atoms with Gasteiger partial charge < -0.3 is 10.2 Å². The van der Waals surface area contributed by atoms with Crippen LogP contribution in [0.25, 0.3) is 0 Å². The van der Waals surface area contributed by atoms with Crippen molar-refractivity contribution in [1.29, 1.82) is 0 Å². The van der Waals surface area contributed by atoms with Crippen molar-refractivity contribution in [1.82, 2.24) is 24.9 Å². The summed E-state index contributed by atoms with van der Waals surface area (Å²) in [5.41, 5.74) is 3.03. The largest absolute Gasteiger partial charge is 0.348 e. The average Bonchev–Trinajstić information content (AvgIpc) is 3.31. The Morgan fingerprint density at radius 3 is 2.59 bits per heavy atom. The number of nitrogens with zero attached hydrogens (tertiary/aromatic N) is 4. The molecule has 1 aromatic carbocycles. The Kier molecular flexibility index (Phi) is 4.47. The highest BCUT2D eigenvalue weighted by molar-refractivity contribution is 5.92. The fourth-order valence-corrected chi connectivity index (χ4v) is 4.40. The maximum Gasteiger partial charge on any atom is 0.270 e. The molecule has 142 valence electrons. The maximum atomic E-state index is 12.8. The van der Waals surface area contributed by atoms with E-state index >= 15 is 0 Å². The van der Waals surface area contributed by atoms with Crippen molar-refractivity contribution in [2.75, 3.05) is 33.7 Å². The number of carbonyl (C=O) groups is 2. The molecular formula is C20H25N5O2. The number of likely N-dealkylation sites (N-methyl/N-ethyl adjacent to an activating group) is 1. The summed E-state index contributed by atoms with van der Waals surface area (Å²) in [6, 6.07) is 10.0. The number of likely N-dealkylation sites (tertiary alicyclic amines) is 1. The van der Waals surface area contributed by atoms with Crippen molar-refractivity contribution in [2.24, 2.45) is 13.0 Å². The minimum absolute atomic E-state index is 0.0481. The van der Waals surface area contributed by atoms with Gasteiger partial charge >= 0.3 is 0 Å². The molecule has 1 aromatic heterocycles. The standard InChI is InChI=1S/C20H25N5O2/c1-23(2)18(26)12-25-10-15-13-6-4-5-7-14(13)19(16(15)11-25)22-20(27)17-8-9-21-24(17)3/h4-9,15-16,19H,10-12H2,1-3H3,(H,22,27)/t15-,16-,19+/m0/s1. The number of aromatic nitrogens is 2. The molecule has 1 fully saturated rings. The number of benzene rings is 1. The summed E-state index contributed by atoms with van der Waals surface area (Å²) in [6.45, 7) is 2.07. The van der Waals surface area contributed by atoms with E-state index < -0.39 is 0 Å². The molecule has 2 aromatic rings. The maximum absolute atomic E-state index is 12.8. The van der Waals surface area contributed by atoms with E-state index in [0.717, 1.165) is 13.1 Å². The minimum Gasteiger partial charge on any atom is -0.348 e. The number of carbonyl (C=O) groups excluding carboxylic acids is 2. The molecule has 2 amide bonds. The van der Waals surface area contributed by atoms with Crippen molar-refractivity contribution < 1.29 is 9.59 Å². The van der Waals surface area contributed by atoms with Crippen LogP contribution in [0.2, 0.25) is 0 Å². The number of hydrogen-bond donors (Lipinski definition) is 1. The van der Waals surface area contributed by atoms with Gasteiger partial charge in [-0.25, -0.2) is 0 Å². The molecule has 7 heteroatoms. The van der Waals surface area contributed by atoms with E-state index in [2.05, 4.69) is 33.5 Å². The van der Waals surface area contributed by atoms with E-state index in [4.69, 9.17) is 0 Å². The molecule has 0 spiro atoms. The molecule has 0 saturated carbocycles. The molecule has 1 N–H and O–H groups in total.